The first kappa shape index (κ1) is 20.0. The number of carboxylic acid groups (broad SMARTS) is 1. The first-order valence-corrected chi connectivity index (χ1v) is 10.5. The predicted molar refractivity (Wildman–Crippen MR) is 105 cm³/mol. The van der Waals surface area contributed by atoms with Gasteiger partial charge in [0.25, 0.3) is 0 Å². The second-order valence-electron chi connectivity index (χ2n) is 6.64. The van der Waals surface area contributed by atoms with Gasteiger partial charge in [-0.3, -0.25) is 9.59 Å². The summed E-state index contributed by atoms with van der Waals surface area (Å²) in [6, 6.07) is 12.1. The van der Waals surface area contributed by atoms with Crippen LogP contribution in [0.3, 0.4) is 0 Å². The third-order valence-electron chi connectivity index (χ3n) is 4.74. The van der Waals surface area contributed by atoms with Crippen molar-refractivity contribution in [2.45, 2.75) is 37.1 Å². The third kappa shape index (κ3) is 4.23. The summed E-state index contributed by atoms with van der Waals surface area (Å²) in [7, 11) is -4.02. The fraction of sp³-hybridized carbons (Fsp3) is 0.300. The van der Waals surface area contributed by atoms with Crippen molar-refractivity contribution < 1.29 is 23.1 Å². The molecule has 1 heterocycles. The minimum absolute atomic E-state index is 0.00337. The average Bonchev–Trinajstić information content (AvgIpc) is 3.10. The highest BCUT2D eigenvalue weighted by Gasteiger charge is 2.29. The Morgan fingerprint density at radius 2 is 1.89 bits per heavy atom. The number of carbonyl (C=O) groups excluding carboxylic acids is 1. The number of fused-ring (bicyclic) bond motifs is 1. The average molecular weight is 402 g/mol. The smallest absolute Gasteiger partial charge is 0.322 e. The highest BCUT2D eigenvalue weighted by molar-refractivity contribution is 7.89. The summed E-state index contributed by atoms with van der Waals surface area (Å²) in [6.07, 6.45) is 0.983. The van der Waals surface area contributed by atoms with Gasteiger partial charge in [-0.05, 0) is 42.2 Å². The molecular formula is C20H22N2O5S. The van der Waals surface area contributed by atoms with Gasteiger partial charge in [0.2, 0.25) is 15.9 Å². The number of nitrogens with zero attached hydrogens (tertiary/aromatic N) is 1. The van der Waals surface area contributed by atoms with E-state index in [9.17, 15) is 23.1 Å². The van der Waals surface area contributed by atoms with Crippen LogP contribution < -0.4 is 9.62 Å². The van der Waals surface area contributed by atoms with Crippen molar-refractivity contribution in [2.75, 3.05) is 11.4 Å². The monoisotopic (exact) mass is 402 g/mol. The highest BCUT2D eigenvalue weighted by atomic mass is 32.2. The van der Waals surface area contributed by atoms with Crippen molar-refractivity contribution >= 4 is 27.6 Å². The zero-order chi connectivity index (χ0) is 20.3. The molecule has 0 radical (unpaired) electrons. The van der Waals surface area contributed by atoms with Crippen LogP contribution in [-0.4, -0.2) is 38.0 Å². The van der Waals surface area contributed by atoms with Crippen molar-refractivity contribution in [2.24, 2.45) is 0 Å². The van der Waals surface area contributed by atoms with E-state index >= 15 is 0 Å². The number of hydrogen-bond donors (Lipinski definition) is 2. The van der Waals surface area contributed by atoms with E-state index < -0.39 is 22.0 Å². The topological polar surface area (TPSA) is 104 Å². The standard InChI is InChI=1S/C20H22N2O5S/c1-2-19(23)22-11-10-15-13-16(8-9-18(15)22)28(26,27)21-17(20(24)25)12-14-6-4-3-5-7-14/h3-9,13,17,21H,2,10-12H2,1H3,(H,24,25)/t17-/m1/s1. The maximum atomic E-state index is 12.8. The fourth-order valence-electron chi connectivity index (χ4n) is 3.28. The van der Waals surface area contributed by atoms with Crippen molar-refractivity contribution in [1.82, 2.24) is 4.72 Å². The zero-order valence-electron chi connectivity index (χ0n) is 15.5. The fourth-order valence-corrected chi connectivity index (χ4v) is 4.52. The van der Waals surface area contributed by atoms with Gasteiger partial charge in [-0.15, -0.1) is 0 Å². The molecule has 2 aromatic rings. The molecule has 1 aliphatic rings. The van der Waals surface area contributed by atoms with E-state index in [1.165, 1.54) is 12.1 Å². The summed E-state index contributed by atoms with van der Waals surface area (Å²) in [5.41, 5.74) is 2.20. The highest BCUT2D eigenvalue weighted by Crippen LogP contribution is 2.30. The Balaban J connectivity index is 1.82. The van der Waals surface area contributed by atoms with Gasteiger partial charge < -0.3 is 10.0 Å². The van der Waals surface area contributed by atoms with Crippen LogP contribution >= 0.6 is 0 Å². The van der Waals surface area contributed by atoms with Gasteiger partial charge in [0, 0.05) is 18.7 Å². The molecule has 0 unspecified atom stereocenters. The van der Waals surface area contributed by atoms with Crippen molar-refractivity contribution in [1.29, 1.82) is 0 Å². The lowest BCUT2D eigenvalue weighted by Crippen LogP contribution is -2.42. The molecule has 7 nitrogen and oxygen atoms in total. The SMILES string of the molecule is CCC(=O)N1CCc2cc(S(=O)(=O)N[C@H](Cc3ccccc3)C(=O)O)ccc21. The molecule has 0 fully saturated rings. The third-order valence-corrected chi connectivity index (χ3v) is 6.21. The number of rotatable bonds is 7. The van der Waals surface area contributed by atoms with E-state index in [1.807, 2.05) is 0 Å². The Kier molecular flexibility index (Phi) is 5.81. The van der Waals surface area contributed by atoms with Crippen molar-refractivity contribution in [3.05, 3.63) is 59.7 Å². The van der Waals surface area contributed by atoms with Crippen LogP contribution in [0.1, 0.15) is 24.5 Å². The van der Waals surface area contributed by atoms with Gasteiger partial charge in [-0.25, -0.2) is 8.42 Å². The minimum atomic E-state index is -4.02. The Bertz CT molecular complexity index is 989. The van der Waals surface area contributed by atoms with Gasteiger partial charge in [0.15, 0.2) is 0 Å². The number of benzene rings is 2. The predicted octanol–water partition coefficient (Wildman–Crippen LogP) is 1.96. The number of amides is 1. The Morgan fingerprint density at radius 3 is 2.54 bits per heavy atom. The van der Waals surface area contributed by atoms with Gasteiger partial charge in [-0.2, -0.15) is 4.72 Å². The number of hydrogen-bond acceptors (Lipinski definition) is 4. The zero-order valence-corrected chi connectivity index (χ0v) is 16.3. The molecule has 0 aliphatic carbocycles. The van der Waals surface area contributed by atoms with Gasteiger partial charge >= 0.3 is 5.97 Å². The molecule has 2 aromatic carbocycles. The molecule has 0 spiro atoms. The number of anilines is 1. The first-order valence-electron chi connectivity index (χ1n) is 9.04. The summed E-state index contributed by atoms with van der Waals surface area (Å²) < 4.78 is 27.8. The van der Waals surface area contributed by atoms with E-state index in [4.69, 9.17) is 0 Å². The van der Waals surface area contributed by atoms with Gasteiger partial charge in [0.1, 0.15) is 6.04 Å². The molecule has 1 atom stereocenters. The molecule has 2 N–H and O–H groups in total. The minimum Gasteiger partial charge on any atom is -0.480 e. The Morgan fingerprint density at radius 1 is 1.18 bits per heavy atom. The lowest BCUT2D eigenvalue weighted by molar-refractivity contribution is -0.138. The molecule has 28 heavy (non-hydrogen) atoms. The quantitative estimate of drug-likeness (QED) is 0.737. The lowest BCUT2D eigenvalue weighted by Gasteiger charge is -2.17. The summed E-state index contributed by atoms with van der Waals surface area (Å²) in [5, 5.41) is 9.45. The maximum Gasteiger partial charge on any atom is 0.322 e. The summed E-state index contributed by atoms with van der Waals surface area (Å²) >= 11 is 0. The number of sulfonamides is 1. The van der Waals surface area contributed by atoms with Crippen molar-refractivity contribution in [3.63, 3.8) is 0 Å². The lowest BCUT2D eigenvalue weighted by atomic mass is 10.1. The van der Waals surface area contributed by atoms with E-state index in [2.05, 4.69) is 4.72 Å². The Hall–Kier alpha value is -2.71. The maximum absolute atomic E-state index is 12.8. The second kappa shape index (κ2) is 8.12. The number of carbonyl (C=O) groups is 2. The van der Waals surface area contributed by atoms with E-state index in [-0.39, 0.29) is 17.2 Å². The van der Waals surface area contributed by atoms with Crippen LogP contribution in [0.5, 0.6) is 0 Å². The molecule has 8 heteroatoms. The number of carboxylic acids is 1. The summed E-state index contributed by atoms with van der Waals surface area (Å²) in [5.74, 6) is -1.26. The molecule has 0 aromatic heterocycles. The first-order chi connectivity index (χ1) is 13.3. The molecule has 1 amide bonds. The molecular weight excluding hydrogens is 380 g/mol. The van der Waals surface area contributed by atoms with Crippen molar-refractivity contribution in [3.8, 4) is 0 Å². The number of aliphatic carboxylic acids is 1. The molecule has 1 aliphatic heterocycles. The van der Waals surface area contributed by atoms with Crippen LogP contribution in [-0.2, 0) is 32.5 Å². The summed E-state index contributed by atoms with van der Waals surface area (Å²) in [6.45, 7) is 2.30. The number of nitrogens with one attached hydrogen (secondary N) is 1. The van der Waals surface area contributed by atoms with Crippen LogP contribution in [0.15, 0.2) is 53.4 Å². The van der Waals surface area contributed by atoms with Crippen LogP contribution in [0.2, 0.25) is 0 Å². The van der Waals surface area contributed by atoms with E-state index in [1.54, 1.807) is 48.2 Å². The van der Waals surface area contributed by atoms with Crippen LogP contribution in [0.4, 0.5) is 5.69 Å². The molecule has 0 saturated carbocycles. The van der Waals surface area contributed by atoms with Gasteiger partial charge in [0.05, 0.1) is 4.90 Å². The molecule has 148 valence electrons. The van der Waals surface area contributed by atoms with Gasteiger partial charge in [-0.1, -0.05) is 37.3 Å². The normalized spacial score (nSPS) is 14.5. The molecule has 3 rings (SSSR count). The van der Waals surface area contributed by atoms with Crippen LogP contribution in [0.25, 0.3) is 0 Å². The van der Waals surface area contributed by atoms with E-state index in [0.29, 0.717) is 25.1 Å². The summed E-state index contributed by atoms with van der Waals surface area (Å²) in [4.78, 5) is 25.2. The van der Waals surface area contributed by atoms with Crippen LogP contribution in [0, 0.1) is 0 Å². The second-order valence-corrected chi connectivity index (χ2v) is 8.36. The van der Waals surface area contributed by atoms with E-state index in [0.717, 1.165) is 11.1 Å². The molecule has 0 saturated heterocycles. The Labute approximate surface area is 164 Å². The molecule has 0 bridgehead atoms. The largest absolute Gasteiger partial charge is 0.480 e.